The van der Waals surface area contributed by atoms with Gasteiger partial charge in [-0.3, -0.25) is 0 Å². The molecule has 0 fully saturated rings. The van der Waals surface area contributed by atoms with Crippen molar-refractivity contribution in [1.82, 2.24) is 9.55 Å². The molecule has 1 heterocycles. The number of hydrogen-bond donors (Lipinski definition) is 0. The molecule has 16 heavy (non-hydrogen) atoms. The number of aromatic nitrogens is 2. The van der Waals surface area contributed by atoms with E-state index in [1.54, 1.807) is 6.92 Å². The number of hydrogen-bond acceptors (Lipinski definition) is 5. The Bertz CT molecular complexity index is 522. The molecule has 0 saturated heterocycles. The maximum atomic E-state index is 11.0. The van der Waals surface area contributed by atoms with Crippen molar-refractivity contribution in [2.24, 2.45) is 7.05 Å². The van der Waals surface area contributed by atoms with Crippen molar-refractivity contribution in [1.29, 1.82) is 0 Å². The van der Waals surface area contributed by atoms with Crippen molar-refractivity contribution >= 4 is 25.7 Å². The Balaban J connectivity index is 3.32. The summed E-state index contributed by atoms with van der Waals surface area (Å²) in [5, 5.41) is 10.6. The Morgan fingerprint density at radius 1 is 1.56 bits per heavy atom. The van der Waals surface area contributed by atoms with E-state index in [9.17, 15) is 18.5 Å². The van der Waals surface area contributed by atoms with E-state index < -0.39 is 19.7 Å². The molecule has 1 rings (SSSR count). The highest BCUT2D eigenvalue weighted by molar-refractivity contribution is 8.13. The van der Waals surface area contributed by atoms with Crippen LogP contribution < -0.4 is 0 Å². The van der Waals surface area contributed by atoms with Crippen LogP contribution in [0.5, 0.6) is 0 Å². The van der Waals surface area contributed by atoms with E-state index >= 15 is 0 Å². The molecule has 9 heteroatoms. The van der Waals surface area contributed by atoms with Gasteiger partial charge in [-0.2, -0.15) is 0 Å². The van der Waals surface area contributed by atoms with Gasteiger partial charge in [0.15, 0.2) is 5.69 Å². The van der Waals surface area contributed by atoms with E-state index in [2.05, 4.69) is 4.98 Å². The van der Waals surface area contributed by atoms with Crippen LogP contribution in [0.4, 0.5) is 5.95 Å². The number of aryl methyl sites for hydroxylation is 1. The second-order valence-electron chi connectivity index (χ2n) is 3.16. The van der Waals surface area contributed by atoms with Crippen LogP contribution >= 0.6 is 10.7 Å². The average molecular weight is 268 g/mol. The van der Waals surface area contributed by atoms with E-state index in [4.69, 9.17) is 10.7 Å². The summed E-state index contributed by atoms with van der Waals surface area (Å²) in [5.74, 6) is -0.845. The lowest BCUT2D eigenvalue weighted by Gasteiger charge is -1.98. The Labute approximate surface area is 96.6 Å². The summed E-state index contributed by atoms with van der Waals surface area (Å²) in [5.41, 5.74) is 0.627. The van der Waals surface area contributed by atoms with Crippen LogP contribution in [-0.4, -0.2) is 22.9 Å². The molecule has 0 bridgehead atoms. The first-order valence-corrected chi connectivity index (χ1v) is 6.85. The van der Waals surface area contributed by atoms with E-state index in [0.29, 0.717) is 12.1 Å². The summed E-state index contributed by atoms with van der Waals surface area (Å²) < 4.78 is 23.0. The predicted molar refractivity (Wildman–Crippen MR) is 57.7 cm³/mol. The minimum Gasteiger partial charge on any atom is -0.390 e. The Hall–Kier alpha value is -1.15. The van der Waals surface area contributed by atoms with Crippen molar-refractivity contribution in [2.45, 2.75) is 19.1 Å². The molecule has 0 spiro atoms. The van der Waals surface area contributed by atoms with Gasteiger partial charge in [-0.05, 0) is 4.92 Å². The van der Waals surface area contributed by atoms with Gasteiger partial charge in [0.1, 0.15) is 11.4 Å². The number of imidazole rings is 1. The highest BCUT2D eigenvalue weighted by Gasteiger charge is 2.26. The molecule has 90 valence electrons. The molecule has 0 aliphatic carbocycles. The van der Waals surface area contributed by atoms with E-state index in [0.717, 1.165) is 4.57 Å². The Morgan fingerprint density at radius 2 is 2.12 bits per heavy atom. The summed E-state index contributed by atoms with van der Waals surface area (Å²) >= 11 is 0. The van der Waals surface area contributed by atoms with Crippen LogP contribution in [0, 0.1) is 10.1 Å². The van der Waals surface area contributed by atoms with Crippen LogP contribution in [0.2, 0.25) is 0 Å². The van der Waals surface area contributed by atoms with Crippen molar-refractivity contribution in [3.05, 3.63) is 21.5 Å². The van der Waals surface area contributed by atoms with E-state index in [1.807, 2.05) is 0 Å². The van der Waals surface area contributed by atoms with Crippen molar-refractivity contribution in [2.75, 3.05) is 0 Å². The van der Waals surface area contributed by atoms with Gasteiger partial charge >= 0.3 is 5.95 Å². The maximum absolute atomic E-state index is 11.0. The van der Waals surface area contributed by atoms with Gasteiger partial charge in [0.05, 0.1) is 7.05 Å². The summed E-state index contributed by atoms with van der Waals surface area (Å²) in [4.78, 5) is 13.7. The zero-order valence-electron chi connectivity index (χ0n) is 8.68. The number of halogens is 1. The largest absolute Gasteiger partial charge is 0.434 e. The van der Waals surface area contributed by atoms with Crippen LogP contribution in [0.3, 0.4) is 0 Å². The SMILES string of the molecule is CCc1nc([N+](=O)[O-])n(C)c1CS(=O)(=O)Cl. The molecule has 0 N–H and O–H groups in total. The van der Waals surface area contributed by atoms with Crippen LogP contribution in [0.15, 0.2) is 0 Å². The molecule has 1 aromatic heterocycles. The zero-order chi connectivity index (χ0) is 12.5. The highest BCUT2D eigenvalue weighted by Crippen LogP contribution is 2.20. The van der Waals surface area contributed by atoms with Gasteiger partial charge in [-0.15, -0.1) is 0 Å². The fourth-order valence-corrected chi connectivity index (χ4v) is 2.36. The summed E-state index contributed by atoms with van der Waals surface area (Å²) in [6.45, 7) is 1.73. The van der Waals surface area contributed by atoms with Gasteiger partial charge in [0.25, 0.3) is 0 Å². The quantitative estimate of drug-likeness (QED) is 0.460. The Kier molecular flexibility index (Phi) is 3.54. The van der Waals surface area contributed by atoms with Crippen LogP contribution in [0.25, 0.3) is 0 Å². The first-order chi connectivity index (χ1) is 7.26. The standard InChI is InChI=1S/C7H10ClN3O4S/c1-3-5-6(4-16(8,14)15)10(2)7(9-5)11(12)13/h3-4H2,1-2H3. The maximum Gasteiger partial charge on any atom is 0.434 e. The first-order valence-electron chi connectivity index (χ1n) is 4.37. The van der Waals surface area contributed by atoms with Gasteiger partial charge in [-0.1, -0.05) is 11.9 Å². The van der Waals surface area contributed by atoms with Gasteiger partial charge in [-0.25, -0.2) is 13.0 Å². The average Bonchev–Trinajstić information content (AvgIpc) is 2.42. The molecule has 0 aliphatic rings. The first kappa shape index (κ1) is 12.9. The second kappa shape index (κ2) is 4.38. The molecule has 7 nitrogen and oxygen atoms in total. The minimum atomic E-state index is -3.76. The zero-order valence-corrected chi connectivity index (χ0v) is 10.2. The molecule has 1 aromatic rings. The van der Waals surface area contributed by atoms with Crippen molar-refractivity contribution in [3.8, 4) is 0 Å². The smallest absolute Gasteiger partial charge is 0.390 e. The molecule has 0 aromatic carbocycles. The van der Waals surface area contributed by atoms with Gasteiger partial charge < -0.3 is 10.1 Å². The lowest BCUT2D eigenvalue weighted by molar-refractivity contribution is -0.396. The van der Waals surface area contributed by atoms with E-state index in [1.165, 1.54) is 7.05 Å². The minimum absolute atomic E-state index is 0.254. The summed E-state index contributed by atoms with van der Waals surface area (Å²) in [6, 6.07) is 0. The number of rotatable bonds is 4. The third-order valence-corrected chi connectivity index (χ3v) is 3.03. The number of nitro groups is 1. The molecule has 0 aliphatic heterocycles. The third-order valence-electron chi connectivity index (χ3n) is 2.08. The van der Waals surface area contributed by atoms with Crippen LogP contribution in [0.1, 0.15) is 18.3 Å². The van der Waals surface area contributed by atoms with Crippen molar-refractivity contribution < 1.29 is 13.3 Å². The lowest BCUT2D eigenvalue weighted by Crippen LogP contribution is -2.06. The molecular weight excluding hydrogens is 258 g/mol. The van der Waals surface area contributed by atoms with Gasteiger partial charge in [0.2, 0.25) is 9.05 Å². The second-order valence-corrected chi connectivity index (χ2v) is 5.93. The predicted octanol–water partition coefficient (Wildman–Crippen LogP) is 0.959. The molecule has 0 radical (unpaired) electrons. The fourth-order valence-electron chi connectivity index (χ4n) is 1.36. The monoisotopic (exact) mass is 267 g/mol. The Morgan fingerprint density at radius 3 is 2.50 bits per heavy atom. The molecular formula is C7H10ClN3O4S. The molecule has 0 atom stereocenters. The van der Waals surface area contributed by atoms with E-state index in [-0.39, 0.29) is 11.6 Å². The molecule has 0 amide bonds. The third kappa shape index (κ3) is 2.70. The lowest BCUT2D eigenvalue weighted by atomic mass is 10.3. The molecule has 0 saturated carbocycles. The molecule has 0 unspecified atom stereocenters. The summed E-state index contributed by atoms with van der Waals surface area (Å²) in [6.07, 6.45) is 0.406. The summed E-state index contributed by atoms with van der Waals surface area (Å²) in [7, 11) is 2.75. The fraction of sp³-hybridized carbons (Fsp3) is 0.571. The highest BCUT2D eigenvalue weighted by atomic mass is 35.7. The van der Waals surface area contributed by atoms with Gasteiger partial charge in [0, 0.05) is 17.1 Å². The normalized spacial score (nSPS) is 11.7. The number of nitrogens with zero attached hydrogens (tertiary/aromatic N) is 3. The topological polar surface area (TPSA) is 95.1 Å². The van der Waals surface area contributed by atoms with Crippen molar-refractivity contribution in [3.63, 3.8) is 0 Å². The van der Waals surface area contributed by atoms with Crippen LogP contribution in [-0.2, 0) is 28.3 Å².